The smallest absolute Gasteiger partial charge is 0.407 e. The molecule has 3 amide bonds. The van der Waals surface area contributed by atoms with Crippen LogP contribution in [-0.4, -0.2) is 59.2 Å². The van der Waals surface area contributed by atoms with Crippen LogP contribution in [0.25, 0.3) is 0 Å². The van der Waals surface area contributed by atoms with E-state index in [2.05, 4.69) is 31.4 Å². The van der Waals surface area contributed by atoms with E-state index in [0.29, 0.717) is 32.4 Å². The topological polar surface area (TPSA) is 97.0 Å². The van der Waals surface area contributed by atoms with Gasteiger partial charge in [-0.1, -0.05) is 32.9 Å². The molecule has 0 aromatic heterocycles. The highest BCUT2D eigenvalue weighted by Crippen LogP contribution is 2.32. The van der Waals surface area contributed by atoms with Crippen LogP contribution in [0.5, 0.6) is 5.75 Å². The van der Waals surface area contributed by atoms with Gasteiger partial charge >= 0.3 is 6.09 Å². The number of unbranched alkanes of at least 4 members (excludes halogenated alkanes) is 1. The third-order valence-electron chi connectivity index (χ3n) is 6.70. The maximum atomic E-state index is 13.9. The number of carbonyl (C=O) groups excluding carboxylic acids is 3. The highest BCUT2D eigenvalue weighted by atomic mass is 16.6. The molecule has 1 unspecified atom stereocenters. The van der Waals surface area contributed by atoms with E-state index in [4.69, 9.17) is 9.47 Å². The lowest BCUT2D eigenvalue weighted by Gasteiger charge is -2.44. The second kappa shape index (κ2) is 14.2. The number of rotatable bonds is 10. The first-order valence-electron chi connectivity index (χ1n) is 14.8. The number of amides is 3. The summed E-state index contributed by atoms with van der Waals surface area (Å²) < 4.78 is 11.2. The van der Waals surface area contributed by atoms with E-state index >= 15 is 0 Å². The Balaban J connectivity index is 2.06. The lowest BCUT2D eigenvalue weighted by Crippen LogP contribution is -2.57. The first-order chi connectivity index (χ1) is 18.4. The second-order valence-electron chi connectivity index (χ2n) is 14.0. The van der Waals surface area contributed by atoms with E-state index in [1.807, 2.05) is 70.7 Å². The fraction of sp³-hybridized carbons (Fsp3) is 0.719. The predicted molar refractivity (Wildman–Crippen MR) is 159 cm³/mol. The number of hydrogen-bond donors (Lipinski definition) is 2. The SMILES string of the molecule is CC(C)(C)OC(=O)NCCCCC(=O)N[C@@H](Cc1ccc(OC(C)(C)C)cc1)C(=O)N1CCCCC1C(C)(C)C. The van der Waals surface area contributed by atoms with Crippen molar-refractivity contribution in [3.05, 3.63) is 29.8 Å². The van der Waals surface area contributed by atoms with Crippen molar-refractivity contribution in [1.82, 2.24) is 15.5 Å². The van der Waals surface area contributed by atoms with Gasteiger partial charge in [-0.15, -0.1) is 0 Å². The molecule has 1 heterocycles. The molecule has 1 aromatic carbocycles. The van der Waals surface area contributed by atoms with Gasteiger partial charge in [0.1, 0.15) is 23.0 Å². The summed E-state index contributed by atoms with van der Waals surface area (Å²) in [5.74, 6) is 0.592. The summed E-state index contributed by atoms with van der Waals surface area (Å²) in [5.41, 5.74) is 0.0710. The molecule has 0 radical (unpaired) electrons. The molecule has 2 rings (SSSR count). The Bertz CT molecular complexity index is 970. The molecule has 8 nitrogen and oxygen atoms in total. The summed E-state index contributed by atoms with van der Waals surface area (Å²) in [6.07, 6.45) is 4.51. The van der Waals surface area contributed by atoms with E-state index in [1.54, 1.807) is 0 Å². The number of nitrogens with one attached hydrogen (secondary N) is 2. The van der Waals surface area contributed by atoms with Crippen molar-refractivity contribution >= 4 is 17.9 Å². The molecule has 1 aromatic rings. The Labute approximate surface area is 241 Å². The van der Waals surface area contributed by atoms with Crippen LogP contribution in [-0.2, 0) is 20.7 Å². The number of alkyl carbamates (subject to hydrolysis) is 1. The molecule has 226 valence electrons. The first kappa shape index (κ1) is 33.4. The standard InChI is InChI=1S/C32H53N3O5/c1-30(2,3)26-14-11-13-21-35(26)28(37)25(22-23-16-18-24(19-17-23)39-31(4,5)6)34-27(36)15-10-12-20-33-29(38)40-32(7,8)9/h16-19,25-26H,10-15,20-22H2,1-9H3,(H,33,38)(H,34,36)/t25-,26?/m0/s1. The highest BCUT2D eigenvalue weighted by Gasteiger charge is 2.38. The second-order valence-corrected chi connectivity index (χ2v) is 14.0. The molecule has 40 heavy (non-hydrogen) atoms. The van der Waals surface area contributed by atoms with Crippen molar-refractivity contribution in [2.75, 3.05) is 13.1 Å². The highest BCUT2D eigenvalue weighted by molar-refractivity contribution is 5.88. The van der Waals surface area contributed by atoms with Gasteiger partial charge in [0, 0.05) is 32.0 Å². The summed E-state index contributed by atoms with van der Waals surface area (Å²) in [5, 5.41) is 5.77. The van der Waals surface area contributed by atoms with Crippen molar-refractivity contribution in [3.63, 3.8) is 0 Å². The Morgan fingerprint density at radius 3 is 2.15 bits per heavy atom. The molecule has 0 spiro atoms. The largest absolute Gasteiger partial charge is 0.488 e. The zero-order valence-electron chi connectivity index (χ0n) is 26.3. The fourth-order valence-corrected chi connectivity index (χ4v) is 4.96. The molecule has 1 aliphatic rings. The maximum Gasteiger partial charge on any atom is 0.407 e. The number of nitrogens with zero attached hydrogens (tertiary/aromatic N) is 1. The number of carbonyl (C=O) groups is 3. The number of piperidine rings is 1. The van der Waals surface area contributed by atoms with Gasteiger partial charge in [-0.3, -0.25) is 9.59 Å². The average Bonchev–Trinajstić information content (AvgIpc) is 2.81. The lowest BCUT2D eigenvalue weighted by atomic mass is 9.80. The molecule has 2 atom stereocenters. The van der Waals surface area contributed by atoms with Crippen molar-refractivity contribution in [2.45, 2.75) is 131 Å². The van der Waals surface area contributed by atoms with Crippen LogP contribution in [0.15, 0.2) is 24.3 Å². The minimum absolute atomic E-state index is 0.0189. The summed E-state index contributed by atoms with van der Waals surface area (Å²) in [4.78, 5) is 40.8. The lowest BCUT2D eigenvalue weighted by molar-refractivity contribution is -0.142. The van der Waals surface area contributed by atoms with E-state index in [0.717, 1.165) is 30.6 Å². The van der Waals surface area contributed by atoms with Crippen LogP contribution < -0.4 is 15.4 Å². The van der Waals surface area contributed by atoms with Gasteiger partial charge in [-0.05, 0) is 96.8 Å². The molecule has 1 aliphatic heterocycles. The molecule has 0 aliphatic carbocycles. The summed E-state index contributed by atoms with van der Waals surface area (Å²) >= 11 is 0. The van der Waals surface area contributed by atoms with Crippen LogP contribution in [0.1, 0.15) is 106 Å². The van der Waals surface area contributed by atoms with Crippen molar-refractivity contribution < 1.29 is 23.9 Å². The van der Waals surface area contributed by atoms with E-state index < -0.39 is 17.7 Å². The fourth-order valence-electron chi connectivity index (χ4n) is 4.96. The number of benzene rings is 1. The Kier molecular flexibility index (Phi) is 11.9. The quantitative estimate of drug-likeness (QED) is 0.342. The zero-order chi connectivity index (χ0) is 30.1. The Morgan fingerprint density at radius 1 is 0.925 bits per heavy atom. The number of ether oxygens (including phenoxy) is 2. The molecule has 1 fully saturated rings. The van der Waals surface area contributed by atoms with E-state index in [9.17, 15) is 14.4 Å². The third-order valence-corrected chi connectivity index (χ3v) is 6.70. The molecule has 1 saturated heterocycles. The molecular weight excluding hydrogens is 506 g/mol. The van der Waals surface area contributed by atoms with Gasteiger partial charge in [0.2, 0.25) is 11.8 Å². The van der Waals surface area contributed by atoms with Gasteiger partial charge in [0.15, 0.2) is 0 Å². The van der Waals surface area contributed by atoms with Crippen LogP contribution in [0.4, 0.5) is 4.79 Å². The molecule has 0 bridgehead atoms. The van der Waals surface area contributed by atoms with Crippen molar-refractivity contribution in [1.29, 1.82) is 0 Å². The number of likely N-dealkylation sites (tertiary alicyclic amines) is 1. The van der Waals surface area contributed by atoms with Crippen LogP contribution in [0, 0.1) is 5.41 Å². The minimum atomic E-state index is -0.648. The van der Waals surface area contributed by atoms with Gasteiger partial charge in [0.05, 0.1) is 0 Å². The third kappa shape index (κ3) is 12.2. The zero-order valence-corrected chi connectivity index (χ0v) is 26.3. The van der Waals surface area contributed by atoms with Crippen molar-refractivity contribution in [3.8, 4) is 5.75 Å². The van der Waals surface area contributed by atoms with Crippen LogP contribution in [0.2, 0.25) is 0 Å². The summed E-state index contributed by atoms with van der Waals surface area (Å²) in [6, 6.07) is 7.25. The Hall–Kier alpha value is -2.77. The Morgan fingerprint density at radius 2 is 1.57 bits per heavy atom. The molecular formula is C32H53N3O5. The predicted octanol–water partition coefficient (Wildman–Crippen LogP) is 6.01. The molecule has 8 heteroatoms. The van der Waals surface area contributed by atoms with Gasteiger partial charge in [-0.25, -0.2) is 4.79 Å². The maximum absolute atomic E-state index is 13.9. The van der Waals surface area contributed by atoms with Gasteiger partial charge in [0.25, 0.3) is 0 Å². The molecule has 0 saturated carbocycles. The molecule has 2 N–H and O–H groups in total. The van der Waals surface area contributed by atoms with Crippen LogP contribution in [0.3, 0.4) is 0 Å². The van der Waals surface area contributed by atoms with Gasteiger partial charge in [-0.2, -0.15) is 0 Å². The normalized spacial score (nSPS) is 17.1. The minimum Gasteiger partial charge on any atom is -0.488 e. The van der Waals surface area contributed by atoms with E-state index in [1.165, 1.54) is 0 Å². The monoisotopic (exact) mass is 559 g/mol. The van der Waals surface area contributed by atoms with Crippen LogP contribution >= 0.6 is 0 Å². The van der Waals surface area contributed by atoms with Crippen molar-refractivity contribution in [2.24, 2.45) is 5.41 Å². The first-order valence-corrected chi connectivity index (χ1v) is 14.8. The van der Waals surface area contributed by atoms with Gasteiger partial charge < -0.3 is 25.0 Å². The summed E-state index contributed by atoms with van der Waals surface area (Å²) in [7, 11) is 0. The number of hydrogen-bond acceptors (Lipinski definition) is 5. The van der Waals surface area contributed by atoms with E-state index in [-0.39, 0.29) is 35.3 Å². The average molecular weight is 560 g/mol. The summed E-state index contributed by atoms with van der Waals surface area (Å²) in [6.45, 7) is 19.1.